The first-order valence-corrected chi connectivity index (χ1v) is 10.6. The Balaban J connectivity index is 2.50. The van der Waals surface area contributed by atoms with E-state index < -0.39 is 34.7 Å². The van der Waals surface area contributed by atoms with E-state index >= 15 is 0 Å². The van der Waals surface area contributed by atoms with Gasteiger partial charge in [0, 0.05) is 16.7 Å². The van der Waals surface area contributed by atoms with Gasteiger partial charge in [0.1, 0.15) is 5.60 Å². The molecule has 32 heavy (non-hydrogen) atoms. The normalized spacial score (nSPS) is 12.9. The number of aromatic nitrogens is 1. The maximum atomic E-state index is 12.9. The molecule has 0 aliphatic carbocycles. The van der Waals surface area contributed by atoms with Crippen LogP contribution in [0.15, 0.2) is 47.1 Å². The minimum atomic E-state index is -1.24. The van der Waals surface area contributed by atoms with Crippen molar-refractivity contribution in [2.24, 2.45) is 0 Å². The summed E-state index contributed by atoms with van der Waals surface area (Å²) in [5, 5.41) is 17.0. The fraction of sp³-hybridized carbons (Fsp3) is 0.381. The van der Waals surface area contributed by atoms with Gasteiger partial charge in [-0.15, -0.1) is 0 Å². The Morgan fingerprint density at radius 1 is 1.25 bits per heavy atom. The maximum absolute atomic E-state index is 12.9. The lowest BCUT2D eigenvalue weighted by Crippen LogP contribution is -2.47. The van der Waals surface area contributed by atoms with Crippen LogP contribution in [-0.2, 0) is 14.3 Å². The highest BCUT2D eigenvalue weighted by Gasteiger charge is 2.35. The summed E-state index contributed by atoms with van der Waals surface area (Å²) in [7, 11) is 0. The number of anilines is 1. The van der Waals surface area contributed by atoms with Gasteiger partial charge in [-0.2, -0.15) is 0 Å². The summed E-state index contributed by atoms with van der Waals surface area (Å²) < 4.78 is 10.9. The number of hydrogen-bond donors (Lipinski definition) is 2. The molecular weight excluding hydrogens is 484 g/mol. The summed E-state index contributed by atoms with van der Waals surface area (Å²) >= 11 is 3.15. The third-order valence-electron chi connectivity index (χ3n) is 4.03. The van der Waals surface area contributed by atoms with Gasteiger partial charge in [0.25, 0.3) is 0 Å². The number of nitro groups is 1. The number of esters is 1. The molecule has 1 aromatic heterocycles. The average molecular weight is 509 g/mol. The van der Waals surface area contributed by atoms with E-state index in [1.807, 2.05) is 0 Å². The Bertz CT molecular complexity index is 965. The first-order valence-electron chi connectivity index (χ1n) is 9.79. The number of halogens is 1. The van der Waals surface area contributed by atoms with Crippen LogP contribution in [0.4, 0.5) is 16.3 Å². The molecule has 1 aromatic carbocycles. The lowest BCUT2D eigenvalue weighted by atomic mass is 9.99. The fourth-order valence-electron chi connectivity index (χ4n) is 2.79. The molecule has 172 valence electrons. The molecule has 0 aliphatic rings. The van der Waals surface area contributed by atoms with Gasteiger partial charge in [0.15, 0.2) is 6.04 Å². The molecule has 2 aromatic rings. The summed E-state index contributed by atoms with van der Waals surface area (Å²) in [5.41, 5.74) is -0.564. The standard InChI is InChI=1S/C21H25BrN4O6/c1-5-31-19(27)17(24-18-15(26(29)30)11-14(22)12-23-18)16(13-9-7-6-8-10-13)25-20(28)32-21(2,3)4/h6-12,16-17H,5H2,1-4H3,(H,23,24)(H,25,28)/t16-,17+/m1/s1. The number of alkyl carbamates (subject to hydrolysis) is 1. The minimum Gasteiger partial charge on any atom is -0.464 e. The van der Waals surface area contributed by atoms with Crippen molar-refractivity contribution in [3.05, 3.63) is 62.7 Å². The number of benzene rings is 1. The van der Waals surface area contributed by atoms with Crippen LogP contribution in [0.2, 0.25) is 0 Å². The Hall–Kier alpha value is -3.21. The van der Waals surface area contributed by atoms with E-state index in [9.17, 15) is 19.7 Å². The Morgan fingerprint density at radius 2 is 1.91 bits per heavy atom. The van der Waals surface area contributed by atoms with Crippen molar-refractivity contribution in [3.63, 3.8) is 0 Å². The number of pyridine rings is 1. The monoisotopic (exact) mass is 508 g/mol. The van der Waals surface area contributed by atoms with E-state index in [2.05, 4.69) is 31.5 Å². The highest BCUT2D eigenvalue weighted by Crippen LogP contribution is 2.29. The number of carbonyl (C=O) groups is 2. The third kappa shape index (κ3) is 7.19. The quantitative estimate of drug-likeness (QED) is 0.305. The molecule has 2 rings (SSSR count). The second-order valence-corrected chi connectivity index (χ2v) is 8.60. The Kier molecular flexibility index (Phi) is 8.53. The van der Waals surface area contributed by atoms with Crippen LogP contribution in [0, 0.1) is 10.1 Å². The number of amides is 1. The summed E-state index contributed by atoms with van der Waals surface area (Å²) in [6.07, 6.45) is 0.594. The van der Waals surface area contributed by atoms with Crippen LogP contribution < -0.4 is 10.6 Å². The largest absolute Gasteiger partial charge is 0.464 e. The van der Waals surface area contributed by atoms with E-state index in [4.69, 9.17) is 9.47 Å². The summed E-state index contributed by atoms with van der Waals surface area (Å²) in [6, 6.07) is 7.72. The van der Waals surface area contributed by atoms with Gasteiger partial charge < -0.3 is 20.1 Å². The van der Waals surface area contributed by atoms with Crippen molar-refractivity contribution in [2.75, 3.05) is 11.9 Å². The molecule has 11 heteroatoms. The van der Waals surface area contributed by atoms with Crippen LogP contribution in [-0.4, -0.2) is 40.2 Å². The predicted molar refractivity (Wildman–Crippen MR) is 121 cm³/mol. The number of rotatable bonds is 8. The van der Waals surface area contributed by atoms with Crippen molar-refractivity contribution in [2.45, 2.75) is 45.4 Å². The minimum absolute atomic E-state index is 0.0703. The summed E-state index contributed by atoms with van der Waals surface area (Å²) in [4.78, 5) is 40.4. The molecule has 0 bridgehead atoms. The van der Waals surface area contributed by atoms with Gasteiger partial charge >= 0.3 is 17.7 Å². The lowest BCUT2D eigenvalue weighted by Gasteiger charge is -2.29. The zero-order valence-corrected chi connectivity index (χ0v) is 19.7. The second-order valence-electron chi connectivity index (χ2n) is 7.69. The molecule has 0 fully saturated rings. The number of hydrogen-bond acceptors (Lipinski definition) is 8. The topological polar surface area (TPSA) is 133 Å². The van der Waals surface area contributed by atoms with E-state index in [1.54, 1.807) is 58.0 Å². The lowest BCUT2D eigenvalue weighted by molar-refractivity contribution is -0.384. The third-order valence-corrected chi connectivity index (χ3v) is 4.46. The number of nitrogens with one attached hydrogen (secondary N) is 2. The number of nitrogens with zero attached hydrogens (tertiary/aromatic N) is 2. The summed E-state index contributed by atoms with van der Waals surface area (Å²) in [6.45, 7) is 6.83. The molecular formula is C21H25BrN4O6. The molecule has 1 amide bonds. The Morgan fingerprint density at radius 3 is 2.47 bits per heavy atom. The van der Waals surface area contributed by atoms with Crippen LogP contribution in [0.25, 0.3) is 0 Å². The van der Waals surface area contributed by atoms with E-state index in [0.29, 0.717) is 10.0 Å². The van der Waals surface area contributed by atoms with Crippen LogP contribution in [0.3, 0.4) is 0 Å². The van der Waals surface area contributed by atoms with Gasteiger partial charge in [-0.05, 0) is 49.2 Å². The van der Waals surface area contributed by atoms with Gasteiger partial charge in [-0.25, -0.2) is 14.6 Å². The molecule has 0 saturated carbocycles. The smallest absolute Gasteiger partial charge is 0.408 e. The average Bonchev–Trinajstić information content (AvgIpc) is 2.70. The highest BCUT2D eigenvalue weighted by atomic mass is 79.9. The maximum Gasteiger partial charge on any atom is 0.408 e. The fourth-order valence-corrected chi connectivity index (χ4v) is 3.11. The van der Waals surface area contributed by atoms with Gasteiger partial charge in [0.05, 0.1) is 17.6 Å². The van der Waals surface area contributed by atoms with Crippen LogP contribution in [0.5, 0.6) is 0 Å². The zero-order valence-electron chi connectivity index (χ0n) is 18.1. The first-order chi connectivity index (χ1) is 15.0. The molecule has 0 radical (unpaired) electrons. The molecule has 1 heterocycles. The predicted octanol–water partition coefficient (Wildman–Crippen LogP) is 4.36. The zero-order chi connectivity index (χ0) is 23.9. The molecule has 0 unspecified atom stereocenters. The van der Waals surface area contributed by atoms with Crippen molar-refractivity contribution >= 4 is 39.5 Å². The SMILES string of the molecule is CCOC(=O)[C@@H](Nc1ncc(Br)cc1[N+](=O)[O-])[C@H](NC(=O)OC(C)(C)C)c1ccccc1. The highest BCUT2D eigenvalue weighted by molar-refractivity contribution is 9.10. The number of carbonyl (C=O) groups excluding carboxylic acids is 2. The van der Waals surface area contributed by atoms with E-state index in [1.165, 1.54) is 12.3 Å². The molecule has 2 atom stereocenters. The second kappa shape index (κ2) is 10.9. The van der Waals surface area contributed by atoms with Gasteiger partial charge in [0.2, 0.25) is 5.82 Å². The summed E-state index contributed by atoms with van der Waals surface area (Å²) in [5.74, 6) is -0.875. The van der Waals surface area contributed by atoms with Crippen LogP contribution >= 0.6 is 15.9 Å². The first kappa shape index (κ1) is 25.1. The molecule has 0 spiro atoms. The number of ether oxygens (including phenoxy) is 2. The Labute approximate surface area is 194 Å². The van der Waals surface area contributed by atoms with E-state index in [-0.39, 0.29) is 18.1 Å². The van der Waals surface area contributed by atoms with Crippen molar-refractivity contribution in [3.8, 4) is 0 Å². The van der Waals surface area contributed by atoms with Crippen molar-refractivity contribution in [1.82, 2.24) is 10.3 Å². The molecule has 10 nitrogen and oxygen atoms in total. The van der Waals surface area contributed by atoms with Gasteiger partial charge in [-0.3, -0.25) is 10.1 Å². The van der Waals surface area contributed by atoms with Crippen molar-refractivity contribution < 1.29 is 24.0 Å². The van der Waals surface area contributed by atoms with E-state index in [0.717, 1.165) is 0 Å². The molecule has 2 N–H and O–H groups in total. The molecule has 0 aliphatic heterocycles. The van der Waals surface area contributed by atoms with Crippen LogP contribution in [0.1, 0.15) is 39.3 Å². The van der Waals surface area contributed by atoms with Gasteiger partial charge in [-0.1, -0.05) is 30.3 Å². The van der Waals surface area contributed by atoms with Crippen molar-refractivity contribution in [1.29, 1.82) is 0 Å². The molecule has 0 saturated heterocycles.